The number of esters is 1. The van der Waals surface area contributed by atoms with Gasteiger partial charge in [-0.1, -0.05) is 0 Å². The predicted octanol–water partition coefficient (Wildman–Crippen LogP) is 1.64. The summed E-state index contributed by atoms with van der Waals surface area (Å²) in [5.74, 6) is -1.96. The Kier molecular flexibility index (Phi) is 3.52. The molecule has 0 unspecified atom stereocenters. The first kappa shape index (κ1) is 12.8. The summed E-state index contributed by atoms with van der Waals surface area (Å²) in [4.78, 5) is 14.5. The summed E-state index contributed by atoms with van der Waals surface area (Å²) in [6.45, 7) is 0. The van der Waals surface area contributed by atoms with Gasteiger partial charge in [0.2, 0.25) is 0 Å². The number of rotatable bonds is 2. The van der Waals surface area contributed by atoms with E-state index in [0.29, 0.717) is 0 Å². The van der Waals surface area contributed by atoms with E-state index in [2.05, 4.69) is 14.5 Å². The van der Waals surface area contributed by atoms with Crippen molar-refractivity contribution in [2.75, 3.05) is 7.11 Å². The lowest BCUT2D eigenvalue weighted by Gasteiger charge is -2.11. The van der Waals surface area contributed by atoms with E-state index in [0.717, 1.165) is 19.4 Å². The average Bonchev–Trinajstić information content (AvgIpc) is 2.25. The Morgan fingerprint density at radius 3 is 2.65 bits per heavy atom. The van der Waals surface area contributed by atoms with Gasteiger partial charge in [-0.2, -0.15) is 5.26 Å². The third kappa shape index (κ3) is 3.34. The van der Waals surface area contributed by atoms with Crippen LogP contribution in [0.15, 0.2) is 12.3 Å². The minimum atomic E-state index is -4.99. The van der Waals surface area contributed by atoms with E-state index in [1.54, 1.807) is 6.07 Å². The smallest absolute Gasteiger partial charge is 0.464 e. The Labute approximate surface area is 93.4 Å². The minimum absolute atomic E-state index is 0.170. The van der Waals surface area contributed by atoms with Crippen molar-refractivity contribution in [3.8, 4) is 11.8 Å². The zero-order valence-corrected chi connectivity index (χ0v) is 8.41. The molecule has 0 fully saturated rings. The van der Waals surface area contributed by atoms with Crippen LogP contribution in [0.3, 0.4) is 0 Å². The van der Waals surface area contributed by atoms with E-state index < -0.39 is 23.8 Å². The summed E-state index contributed by atoms with van der Waals surface area (Å²) in [6, 6.07) is 2.33. The molecular weight excluding hydrogens is 241 g/mol. The fourth-order valence-electron chi connectivity index (χ4n) is 0.958. The molecule has 0 saturated carbocycles. The average molecular weight is 246 g/mol. The first-order valence-electron chi connectivity index (χ1n) is 4.11. The van der Waals surface area contributed by atoms with Crippen LogP contribution >= 0.6 is 0 Å². The molecule has 90 valence electrons. The molecule has 1 rings (SSSR count). The SMILES string of the molecule is COC(=O)c1ncc(C#N)cc1OC(F)(F)F. The zero-order valence-electron chi connectivity index (χ0n) is 8.41. The normalized spacial score (nSPS) is 10.5. The van der Waals surface area contributed by atoms with Crippen LogP contribution in [0, 0.1) is 11.3 Å². The maximum Gasteiger partial charge on any atom is 0.573 e. The van der Waals surface area contributed by atoms with Gasteiger partial charge >= 0.3 is 12.3 Å². The molecule has 0 N–H and O–H groups in total. The van der Waals surface area contributed by atoms with Crippen LogP contribution in [0.25, 0.3) is 0 Å². The molecule has 8 heteroatoms. The number of halogens is 3. The van der Waals surface area contributed by atoms with Gasteiger partial charge in [0.1, 0.15) is 6.07 Å². The fraction of sp³-hybridized carbons (Fsp3) is 0.222. The van der Waals surface area contributed by atoms with Gasteiger partial charge < -0.3 is 9.47 Å². The summed E-state index contributed by atoms with van der Waals surface area (Å²) in [6.07, 6.45) is -4.05. The van der Waals surface area contributed by atoms with Gasteiger partial charge in [0, 0.05) is 12.3 Å². The highest BCUT2D eigenvalue weighted by molar-refractivity contribution is 5.90. The van der Waals surface area contributed by atoms with Crippen LogP contribution in [0.4, 0.5) is 13.2 Å². The zero-order chi connectivity index (χ0) is 13.1. The van der Waals surface area contributed by atoms with Crippen LogP contribution in [0.2, 0.25) is 0 Å². The van der Waals surface area contributed by atoms with Gasteiger partial charge in [0.15, 0.2) is 11.4 Å². The Balaban J connectivity index is 3.22. The standard InChI is InChI=1S/C9H5F3N2O3/c1-16-8(15)7-6(17-9(10,11)12)2-5(3-13)4-14-7/h2,4H,1H3. The number of ether oxygens (including phenoxy) is 2. The molecule has 0 aliphatic rings. The molecule has 0 amide bonds. The second kappa shape index (κ2) is 4.69. The third-order valence-corrected chi connectivity index (χ3v) is 1.59. The van der Waals surface area contributed by atoms with Gasteiger partial charge in [0.25, 0.3) is 0 Å². The summed E-state index contributed by atoms with van der Waals surface area (Å²) >= 11 is 0. The molecule has 0 spiro atoms. The number of hydrogen-bond donors (Lipinski definition) is 0. The van der Waals surface area contributed by atoms with E-state index in [1.807, 2.05) is 0 Å². The maximum absolute atomic E-state index is 12.0. The molecule has 0 bridgehead atoms. The third-order valence-electron chi connectivity index (χ3n) is 1.59. The predicted molar refractivity (Wildman–Crippen MR) is 47.0 cm³/mol. The van der Waals surface area contributed by atoms with Crippen LogP contribution in [-0.4, -0.2) is 24.4 Å². The Hall–Kier alpha value is -2.30. The molecule has 17 heavy (non-hydrogen) atoms. The van der Waals surface area contributed by atoms with Gasteiger partial charge in [0.05, 0.1) is 12.7 Å². The molecule has 0 radical (unpaired) electrons. The largest absolute Gasteiger partial charge is 0.573 e. The molecule has 0 aliphatic heterocycles. The van der Waals surface area contributed by atoms with E-state index in [1.165, 1.54) is 0 Å². The highest BCUT2D eigenvalue weighted by atomic mass is 19.4. The second-order valence-corrected chi connectivity index (χ2v) is 2.72. The Morgan fingerprint density at radius 2 is 2.18 bits per heavy atom. The van der Waals surface area contributed by atoms with E-state index in [4.69, 9.17) is 5.26 Å². The second-order valence-electron chi connectivity index (χ2n) is 2.72. The van der Waals surface area contributed by atoms with Crippen molar-refractivity contribution in [2.24, 2.45) is 0 Å². The lowest BCUT2D eigenvalue weighted by Crippen LogP contribution is -2.20. The van der Waals surface area contributed by atoms with Crippen LogP contribution < -0.4 is 4.74 Å². The fourth-order valence-corrected chi connectivity index (χ4v) is 0.958. The van der Waals surface area contributed by atoms with E-state index in [-0.39, 0.29) is 5.56 Å². The Bertz CT molecular complexity index is 479. The molecule has 0 aromatic carbocycles. The summed E-state index contributed by atoms with van der Waals surface area (Å²) in [5.41, 5.74) is -0.819. The van der Waals surface area contributed by atoms with Gasteiger partial charge in [-0.3, -0.25) is 0 Å². The molecular formula is C9H5F3N2O3. The van der Waals surface area contributed by atoms with Crippen molar-refractivity contribution in [3.05, 3.63) is 23.5 Å². The Morgan fingerprint density at radius 1 is 1.53 bits per heavy atom. The van der Waals surface area contributed by atoms with Crippen LogP contribution in [-0.2, 0) is 4.74 Å². The first-order chi connectivity index (χ1) is 7.87. The molecule has 1 heterocycles. The van der Waals surface area contributed by atoms with E-state index >= 15 is 0 Å². The van der Waals surface area contributed by atoms with E-state index in [9.17, 15) is 18.0 Å². The lowest BCUT2D eigenvalue weighted by molar-refractivity contribution is -0.274. The molecule has 0 atom stereocenters. The topological polar surface area (TPSA) is 72.2 Å². The van der Waals surface area contributed by atoms with Crippen molar-refractivity contribution in [1.29, 1.82) is 5.26 Å². The molecule has 0 aliphatic carbocycles. The number of pyridine rings is 1. The maximum atomic E-state index is 12.0. The highest BCUT2D eigenvalue weighted by Crippen LogP contribution is 2.26. The number of carbonyl (C=O) groups excluding carboxylic acids is 1. The number of aromatic nitrogens is 1. The molecule has 5 nitrogen and oxygen atoms in total. The van der Waals surface area contributed by atoms with Crippen molar-refractivity contribution in [2.45, 2.75) is 6.36 Å². The molecule has 1 aromatic rings. The first-order valence-corrected chi connectivity index (χ1v) is 4.11. The van der Waals surface area contributed by atoms with Crippen molar-refractivity contribution in [3.63, 3.8) is 0 Å². The van der Waals surface area contributed by atoms with Crippen molar-refractivity contribution >= 4 is 5.97 Å². The number of nitriles is 1. The minimum Gasteiger partial charge on any atom is -0.464 e. The van der Waals surface area contributed by atoms with Crippen molar-refractivity contribution in [1.82, 2.24) is 4.98 Å². The highest BCUT2D eigenvalue weighted by Gasteiger charge is 2.33. The van der Waals surface area contributed by atoms with Gasteiger partial charge in [-0.05, 0) is 0 Å². The number of methoxy groups -OCH3 is 1. The lowest BCUT2D eigenvalue weighted by atomic mass is 10.2. The monoisotopic (exact) mass is 246 g/mol. The van der Waals surface area contributed by atoms with Crippen LogP contribution in [0.1, 0.15) is 16.1 Å². The molecule has 0 saturated heterocycles. The number of hydrogen-bond acceptors (Lipinski definition) is 5. The van der Waals surface area contributed by atoms with Crippen molar-refractivity contribution < 1.29 is 27.4 Å². The van der Waals surface area contributed by atoms with Gasteiger partial charge in [-0.25, -0.2) is 9.78 Å². The van der Waals surface area contributed by atoms with Gasteiger partial charge in [-0.15, -0.1) is 13.2 Å². The van der Waals surface area contributed by atoms with Crippen LogP contribution in [0.5, 0.6) is 5.75 Å². The summed E-state index contributed by atoms with van der Waals surface area (Å²) < 4.78 is 43.9. The molecule has 1 aromatic heterocycles. The number of carbonyl (C=O) groups is 1. The number of nitrogens with zero attached hydrogens (tertiary/aromatic N) is 2. The summed E-state index contributed by atoms with van der Waals surface area (Å²) in [7, 11) is 0.986. The quantitative estimate of drug-likeness (QED) is 0.741. The summed E-state index contributed by atoms with van der Waals surface area (Å²) in [5, 5.41) is 8.50. The number of alkyl halides is 3.